The molecule has 0 aliphatic heterocycles. The van der Waals surface area contributed by atoms with Crippen LogP contribution in [0.4, 0.5) is 0 Å². The van der Waals surface area contributed by atoms with Crippen LogP contribution >= 0.6 is 15.6 Å². The fourth-order valence-electron chi connectivity index (χ4n) is 3.46. The number of aliphatic hydroxyl groups is 14. The Balaban J connectivity index is 0.000000802. The third-order valence-corrected chi connectivity index (χ3v) is 7.85. The molecule has 6 unspecified atom stereocenters. The summed E-state index contributed by atoms with van der Waals surface area (Å²) in [4.78, 5) is 22.9. The van der Waals surface area contributed by atoms with Crippen LogP contribution in [0.2, 0.25) is 0 Å². The van der Waals surface area contributed by atoms with E-state index in [9.17, 15) is 70.0 Å². The van der Waals surface area contributed by atoms with Gasteiger partial charge in [0, 0.05) is 0 Å². The van der Waals surface area contributed by atoms with Crippen molar-refractivity contribution >= 4 is 38.7 Å². The Morgan fingerprint density at radius 1 is 0.512 bits per heavy atom. The third-order valence-electron chi connectivity index (χ3n) is 5.92. The average Bonchev–Trinajstić information content (AvgIpc) is 2.95. The van der Waals surface area contributed by atoms with E-state index in [1.165, 1.54) is 0 Å². The van der Waals surface area contributed by atoms with Crippen LogP contribution in [0.25, 0.3) is 0 Å². The fraction of sp³-hybridized carbons (Fsp3) is 1.00. The molecule has 0 aromatic heterocycles. The van der Waals surface area contributed by atoms with Crippen molar-refractivity contribution in [2.45, 2.75) is 85.5 Å². The van der Waals surface area contributed by atoms with E-state index in [0.717, 1.165) is 0 Å². The largest absolute Gasteiger partial charge is 2.00 e. The molecule has 25 heteroatoms. The Hall–Kier alpha value is 0.426. The van der Waals surface area contributed by atoms with E-state index in [-0.39, 0.29) is 23.1 Å². The number of phosphoric ester groups is 2. The zero-order valence-corrected chi connectivity index (χ0v) is 25.2. The van der Waals surface area contributed by atoms with Gasteiger partial charge in [0.25, 0.3) is 15.6 Å². The SMILES string of the molecule is O=P([O-])(OC[C@@H](O)CO)OC1[C@H](O)[C@H](O)C(O)[C@H](O)[C@H]1O.O=P([O-])(OC[C@@H](O)CO)OC1[C@H](O)[C@H](O)C(O)[C@H](O)[C@H]1O.[Mg+2]. The monoisotopic (exact) mass is 690 g/mol. The molecule has 2 fully saturated rings. The van der Waals surface area contributed by atoms with Gasteiger partial charge in [-0.25, -0.2) is 0 Å². The zero-order chi connectivity index (χ0) is 32.7. The summed E-state index contributed by atoms with van der Waals surface area (Å²) < 4.78 is 40.0. The number of hydrogen-bond donors (Lipinski definition) is 14. The van der Waals surface area contributed by atoms with Crippen molar-refractivity contribution in [2.24, 2.45) is 0 Å². The van der Waals surface area contributed by atoms with Gasteiger partial charge in [-0.05, 0) is 0 Å². The second-order valence-corrected chi connectivity index (χ2v) is 11.9. The molecule has 2 aliphatic rings. The predicted octanol–water partition coefficient (Wildman–Crippen LogP) is -10.3. The summed E-state index contributed by atoms with van der Waals surface area (Å²) in [6.07, 6.45) is -26.5. The topological polar surface area (TPSA) is 400 Å². The maximum Gasteiger partial charge on any atom is 2.00 e. The second kappa shape index (κ2) is 18.7. The zero-order valence-electron chi connectivity index (χ0n) is 22.0. The standard InChI is InChI=1S/2C9H19O11P.Mg/c2*10-1-3(11)2-19-21(17,18)20-9-7(15)5(13)4(12)6(14)8(9)16;/h2*3-16H,1-2H2,(H,17,18);/q;;+2/p-2/t2*3-,4?,5-,6+,7+,8+,9?;/m00./s1. The molecule has 2 aliphatic carbocycles. The molecule has 0 heterocycles. The van der Waals surface area contributed by atoms with Crippen molar-refractivity contribution < 1.29 is 109 Å². The third kappa shape index (κ3) is 12.5. The van der Waals surface area contributed by atoms with Gasteiger partial charge in [0.05, 0.1) is 26.4 Å². The van der Waals surface area contributed by atoms with Crippen LogP contribution in [0.15, 0.2) is 0 Å². The second-order valence-electron chi connectivity index (χ2n) is 9.20. The molecule has 2 rings (SSSR count). The molecule has 0 bridgehead atoms. The Labute approximate surface area is 258 Å². The van der Waals surface area contributed by atoms with Crippen LogP contribution in [-0.4, -0.2) is 206 Å². The summed E-state index contributed by atoms with van der Waals surface area (Å²) in [5, 5.41) is 129. The van der Waals surface area contributed by atoms with Gasteiger partial charge >= 0.3 is 23.1 Å². The van der Waals surface area contributed by atoms with Gasteiger partial charge < -0.3 is 99.4 Å². The van der Waals surface area contributed by atoms with Gasteiger partial charge in [-0.3, -0.25) is 9.13 Å². The summed E-state index contributed by atoms with van der Waals surface area (Å²) in [5.41, 5.74) is 0. The average molecular weight is 691 g/mol. The molecule has 0 aromatic carbocycles. The minimum atomic E-state index is -5.12. The fourth-order valence-corrected chi connectivity index (χ4v) is 5.39. The first-order valence-electron chi connectivity index (χ1n) is 11.9. The molecule has 0 saturated heterocycles. The quantitative estimate of drug-likeness (QED) is 0.0667. The summed E-state index contributed by atoms with van der Waals surface area (Å²) >= 11 is 0. The number of aliphatic hydroxyl groups excluding tert-OH is 14. The van der Waals surface area contributed by atoms with E-state index >= 15 is 0 Å². The van der Waals surface area contributed by atoms with Crippen LogP contribution in [0.5, 0.6) is 0 Å². The molecule has 0 spiro atoms. The van der Waals surface area contributed by atoms with Crippen LogP contribution in [0.3, 0.4) is 0 Å². The Bertz CT molecular complexity index is 802. The van der Waals surface area contributed by atoms with Crippen molar-refractivity contribution in [2.75, 3.05) is 26.4 Å². The normalized spacial score (nSPS) is 40.6. The van der Waals surface area contributed by atoms with Gasteiger partial charge in [-0.1, -0.05) is 0 Å². The predicted molar refractivity (Wildman–Crippen MR) is 129 cm³/mol. The van der Waals surface area contributed by atoms with E-state index < -0.39 is 128 Å². The molecule has 252 valence electrons. The maximum absolute atomic E-state index is 11.4. The molecule has 43 heavy (non-hydrogen) atoms. The molecular weight excluding hydrogens is 654 g/mol. The summed E-state index contributed by atoms with van der Waals surface area (Å²) in [5.74, 6) is 0. The molecule has 14 N–H and O–H groups in total. The Morgan fingerprint density at radius 2 is 0.721 bits per heavy atom. The van der Waals surface area contributed by atoms with Crippen LogP contribution in [-0.2, 0) is 27.2 Å². The first-order chi connectivity index (χ1) is 19.2. The minimum Gasteiger partial charge on any atom is -0.756 e. The van der Waals surface area contributed by atoms with Crippen LogP contribution < -0.4 is 9.79 Å². The van der Waals surface area contributed by atoms with E-state index in [1.54, 1.807) is 0 Å². The number of phosphoric acid groups is 2. The molecule has 0 radical (unpaired) electrons. The van der Waals surface area contributed by atoms with Crippen molar-refractivity contribution in [3.63, 3.8) is 0 Å². The molecule has 16 atom stereocenters. The van der Waals surface area contributed by atoms with E-state index in [2.05, 4.69) is 18.1 Å². The molecule has 2 saturated carbocycles. The van der Waals surface area contributed by atoms with Crippen molar-refractivity contribution in [1.29, 1.82) is 0 Å². The van der Waals surface area contributed by atoms with Crippen molar-refractivity contribution in [3.05, 3.63) is 0 Å². The Kier molecular flexibility index (Phi) is 18.9. The first-order valence-corrected chi connectivity index (χ1v) is 14.8. The van der Waals surface area contributed by atoms with E-state index in [0.29, 0.717) is 0 Å². The van der Waals surface area contributed by atoms with Gasteiger partial charge in [0.15, 0.2) is 0 Å². The molecule has 0 amide bonds. The maximum atomic E-state index is 11.4. The van der Waals surface area contributed by atoms with Crippen molar-refractivity contribution in [1.82, 2.24) is 0 Å². The summed E-state index contributed by atoms with van der Waals surface area (Å²) in [6, 6.07) is 0. The molecule has 0 aromatic rings. The van der Waals surface area contributed by atoms with E-state index in [1.807, 2.05) is 0 Å². The van der Waals surface area contributed by atoms with Crippen LogP contribution in [0.1, 0.15) is 0 Å². The number of hydrogen-bond acceptors (Lipinski definition) is 22. The van der Waals surface area contributed by atoms with Gasteiger partial charge in [0.1, 0.15) is 85.5 Å². The van der Waals surface area contributed by atoms with Gasteiger partial charge in [-0.2, -0.15) is 0 Å². The minimum absolute atomic E-state index is 0. The Morgan fingerprint density at radius 3 is 0.930 bits per heavy atom. The smallest absolute Gasteiger partial charge is 0.756 e. The van der Waals surface area contributed by atoms with Crippen LogP contribution in [0, 0.1) is 0 Å². The summed E-state index contributed by atoms with van der Waals surface area (Å²) in [7, 11) is -10.2. The molecular formula is C18H36MgO22P2. The number of rotatable bonds is 12. The van der Waals surface area contributed by atoms with Gasteiger partial charge in [-0.15, -0.1) is 0 Å². The first kappa shape index (κ1) is 43.4. The van der Waals surface area contributed by atoms with E-state index in [4.69, 9.17) is 20.4 Å². The summed E-state index contributed by atoms with van der Waals surface area (Å²) in [6.45, 7) is -3.19. The molecule has 22 nitrogen and oxygen atoms in total. The van der Waals surface area contributed by atoms with Crippen molar-refractivity contribution in [3.8, 4) is 0 Å². The van der Waals surface area contributed by atoms with Gasteiger partial charge in [0.2, 0.25) is 0 Å².